The molecule has 0 aromatic heterocycles. The van der Waals surface area contributed by atoms with Crippen molar-refractivity contribution in [1.29, 1.82) is 0 Å². The summed E-state index contributed by atoms with van der Waals surface area (Å²) < 4.78 is 4.71. The lowest BCUT2D eigenvalue weighted by atomic mass is 10.1. The van der Waals surface area contributed by atoms with Crippen LogP contribution in [0.3, 0.4) is 0 Å². The molecule has 0 spiro atoms. The van der Waals surface area contributed by atoms with Crippen molar-refractivity contribution in [2.75, 3.05) is 20.7 Å². The molecule has 0 saturated heterocycles. The van der Waals surface area contributed by atoms with Crippen molar-refractivity contribution in [3.63, 3.8) is 0 Å². The Morgan fingerprint density at radius 1 is 1.35 bits per heavy atom. The number of ether oxygens (including phenoxy) is 1. The van der Waals surface area contributed by atoms with Crippen molar-refractivity contribution in [3.05, 3.63) is 35.4 Å². The molecule has 0 heterocycles. The molecule has 0 amide bonds. The number of nitrogens with zero attached hydrogens (tertiary/aromatic N) is 1. The molecule has 0 radical (unpaired) electrons. The first-order valence-electron chi connectivity index (χ1n) is 5.85. The number of carbonyl (C=O) groups excluding carboxylic acids is 1. The van der Waals surface area contributed by atoms with Gasteiger partial charge < -0.3 is 9.64 Å². The zero-order chi connectivity index (χ0) is 12.8. The molecule has 0 saturated carbocycles. The first kappa shape index (κ1) is 13.7. The average molecular weight is 235 g/mol. The zero-order valence-electron chi connectivity index (χ0n) is 11.1. The third-order valence-electron chi connectivity index (χ3n) is 2.76. The second-order valence-corrected chi connectivity index (χ2v) is 4.61. The quantitative estimate of drug-likeness (QED) is 0.733. The van der Waals surface area contributed by atoms with Gasteiger partial charge in [-0.3, -0.25) is 4.79 Å². The van der Waals surface area contributed by atoms with Gasteiger partial charge in [0.25, 0.3) is 0 Å². The molecular weight excluding hydrogens is 214 g/mol. The van der Waals surface area contributed by atoms with E-state index in [1.54, 1.807) is 0 Å². The summed E-state index contributed by atoms with van der Waals surface area (Å²) in [6.45, 7) is 5.52. The SMILES string of the molecule is COC(=O)C(C)CN(C)Cc1ccc(C)cc1. The van der Waals surface area contributed by atoms with E-state index < -0.39 is 0 Å². The Balaban J connectivity index is 2.46. The fourth-order valence-electron chi connectivity index (χ4n) is 1.81. The highest BCUT2D eigenvalue weighted by Crippen LogP contribution is 2.08. The molecule has 0 bridgehead atoms. The summed E-state index contributed by atoms with van der Waals surface area (Å²) in [4.78, 5) is 13.4. The van der Waals surface area contributed by atoms with Crippen LogP contribution in [0, 0.1) is 12.8 Å². The molecule has 1 unspecified atom stereocenters. The summed E-state index contributed by atoms with van der Waals surface area (Å²) >= 11 is 0. The van der Waals surface area contributed by atoms with Gasteiger partial charge in [-0.05, 0) is 19.5 Å². The first-order valence-corrected chi connectivity index (χ1v) is 5.85. The van der Waals surface area contributed by atoms with E-state index in [0.29, 0.717) is 6.54 Å². The van der Waals surface area contributed by atoms with Crippen LogP contribution in [0.15, 0.2) is 24.3 Å². The fourth-order valence-corrected chi connectivity index (χ4v) is 1.81. The number of aryl methyl sites for hydroxylation is 1. The van der Waals surface area contributed by atoms with Crippen molar-refractivity contribution in [3.8, 4) is 0 Å². The lowest BCUT2D eigenvalue weighted by Crippen LogP contribution is -2.29. The van der Waals surface area contributed by atoms with Gasteiger partial charge in [0.1, 0.15) is 0 Å². The van der Waals surface area contributed by atoms with Crippen LogP contribution in [0.5, 0.6) is 0 Å². The number of methoxy groups -OCH3 is 1. The second-order valence-electron chi connectivity index (χ2n) is 4.61. The van der Waals surface area contributed by atoms with Crippen LogP contribution < -0.4 is 0 Å². The Bertz CT molecular complexity index is 359. The maximum atomic E-state index is 11.3. The van der Waals surface area contributed by atoms with Gasteiger partial charge in [0.2, 0.25) is 0 Å². The van der Waals surface area contributed by atoms with Crippen molar-refractivity contribution in [2.45, 2.75) is 20.4 Å². The van der Waals surface area contributed by atoms with E-state index in [-0.39, 0.29) is 11.9 Å². The molecule has 0 N–H and O–H groups in total. The van der Waals surface area contributed by atoms with E-state index in [4.69, 9.17) is 4.74 Å². The number of carbonyl (C=O) groups is 1. The van der Waals surface area contributed by atoms with Gasteiger partial charge in [-0.2, -0.15) is 0 Å². The highest BCUT2D eigenvalue weighted by atomic mass is 16.5. The lowest BCUT2D eigenvalue weighted by Gasteiger charge is -2.20. The van der Waals surface area contributed by atoms with E-state index in [2.05, 4.69) is 36.1 Å². The van der Waals surface area contributed by atoms with Gasteiger partial charge in [0.15, 0.2) is 0 Å². The van der Waals surface area contributed by atoms with Crippen LogP contribution in [0.2, 0.25) is 0 Å². The summed E-state index contributed by atoms with van der Waals surface area (Å²) in [7, 11) is 3.44. The molecule has 3 heteroatoms. The Hall–Kier alpha value is -1.35. The lowest BCUT2D eigenvalue weighted by molar-refractivity contribution is -0.145. The molecule has 0 aliphatic rings. The number of rotatable bonds is 5. The molecule has 1 aromatic carbocycles. The molecular formula is C14H21NO2. The number of hydrogen-bond acceptors (Lipinski definition) is 3. The Morgan fingerprint density at radius 2 is 1.94 bits per heavy atom. The summed E-state index contributed by atoms with van der Waals surface area (Å²) in [5, 5.41) is 0. The number of esters is 1. The monoisotopic (exact) mass is 235 g/mol. The van der Waals surface area contributed by atoms with Gasteiger partial charge in [0.05, 0.1) is 13.0 Å². The molecule has 1 atom stereocenters. The van der Waals surface area contributed by atoms with Crippen LogP contribution in [-0.4, -0.2) is 31.6 Å². The third-order valence-corrected chi connectivity index (χ3v) is 2.76. The average Bonchev–Trinajstić information content (AvgIpc) is 2.30. The highest BCUT2D eigenvalue weighted by molar-refractivity contribution is 5.72. The van der Waals surface area contributed by atoms with E-state index >= 15 is 0 Å². The van der Waals surface area contributed by atoms with Gasteiger partial charge in [-0.15, -0.1) is 0 Å². The second kappa shape index (κ2) is 6.40. The van der Waals surface area contributed by atoms with Crippen LogP contribution >= 0.6 is 0 Å². The third kappa shape index (κ3) is 4.57. The standard InChI is InChI=1S/C14H21NO2/c1-11-5-7-13(8-6-11)10-15(3)9-12(2)14(16)17-4/h5-8,12H,9-10H2,1-4H3. The fraction of sp³-hybridized carbons (Fsp3) is 0.500. The first-order chi connectivity index (χ1) is 8.02. The topological polar surface area (TPSA) is 29.5 Å². The van der Waals surface area contributed by atoms with E-state index in [9.17, 15) is 4.79 Å². The molecule has 1 rings (SSSR count). The van der Waals surface area contributed by atoms with Gasteiger partial charge >= 0.3 is 5.97 Å². The van der Waals surface area contributed by atoms with Crippen LogP contribution in [0.1, 0.15) is 18.1 Å². The van der Waals surface area contributed by atoms with Crippen molar-refractivity contribution >= 4 is 5.97 Å². The molecule has 0 aliphatic heterocycles. The summed E-state index contributed by atoms with van der Waals surface area (Å²) in [5.74, 6) is -0.240. The maximum Gasteiger partial charge on any atom is 0.309 e. The van der Waals surface area contributed by atoms with E-state index in [0.717, 1.165) is 6.54 Å². The van der Waals surface area contributed by atoms with Crippen LogP contribution in [0.4, 0.5) is 0 Å². The Morgan fingerprint density at radius 3 is 2.47 bits per heavy atom. The smallest absolute Gasteiger partial charge is 0.309 e. The Labute approximate surface area is 103 Å². The van der Waals surface area contributed by atoms with E-state index in [1.165, 1.54) is 18.2 Å². The summed E-state index contributed by atoms with van der Waals surface area (Å²) in [6, 6.07) is 8.45. The summed E-state index contributed by atoms with van der Waals surface area (Å²) in [5.41, 5.74) is 2.52. The molecule has 0 aliphatic carbocycles. The van der Waals surface area contributed by atoms with Crippen molar-refractivity contribution in [1.82, 2.24) is 4.90 Å². The van der Waals surface area contributed by atoms with Crippen molar-refractivity contribution < 1.29 is 9.53 Å². The van der Waals surface area contributed by atoms with Gasteiger partial charge in [-0.25, -0.2) is 0 Å². The number of hydrogen-bond donors (Lipinski definition) is 0. The molecule has 0 fully saturated rings. The number of benzene rings is 1. The molecule has 3 nitrogen and oxygen atoms in total. The van der Waals surface area contributed by atoms with E-state index in [1.807, 2.05) is 14.0 Å². The van der Waals surface area contributed by atoms with Crippen molar-refractivity contribution in [2.24, 2.45) is 5.92 Å². The predicted molar refractivity (Wildman–Crippen MR) is 68.7 cm³/mol. The maximum absolute atomic E-state index is 11.3. The molecule has 1 aromatic rings. The predicted octanol–water partition coefficient (Wildman–Crippen LogP) is 2.24. The minimum atomic E-state index is -0.152. The Kier molecular flexibility index (Phi) is 5.16. The van der Waals surface area contributed by atoms with Gasteiger partial charge in [0, 0.05) is 13.1 Å². The molecule has 17 heavy (non-hydrogen) atoms. The summed E-state index contributed by atoms with van der Waals surface area (Å²) in [6.07, 6.45) is 0. The normalized spacial score (nSPS) is 12.5. The largest absolute Gasteiger partial charge is 0.469 e. The van der Waals surface area contributed by atoms with Gasteiger partial charge in [-0.1, -0.05) is 36.8 Å². The van der Waals surface area contributed by atoms with Crippen LogP contribution in [-0.2, 0) is 16.1 Å². The van der Waals surface area contributed by atoms with Crippen LogP contribution in [0.25, 0.3) is 0 Å². The minimum absolute atomic E-state index is 0.0875. The molecule has 94 valence electrons. The zero-order valence-corrected chi connectivity index (χ0v) is 11.1. The highest BCUT2D eigenvalue weighted by Gasteiger charge is 2.15. The minimum Gasteiger partial charge on any atom is -0.469 e.